The van der Waals surface area contributed by atoms with Crippen LogP contribution in [0.5, 0.6) is 0 Å². The van der Waals surface area contributed by atoms with Crippen molar-refractivity contribution >= 4 is 17.5 Å². The number of carbonyl (C=O) groups is 1. The van der Waals surface area contributed by atoms with Crippen molar-refractivity contribution in [1.82, 2.24) is 20.2 Å². The van der Waals surface area contributed by atoms with Gasteiger partial charge in [0.1, 0.15) is 11.5 Å². The molecule has 0 aliphatic carbocycles. The van der Waals surface area contributed by atoms with Gasteiger partial charge in [0.2, 0.25) is 0 Å². The highest BCUT2D eigenvalue weighted by Gasteiger charge is 2.35. The predicted octanol–water partition coefficient (Wildman–Crippen LogP) is 2.08. The number of hydrogen-bond donors (Lipinski definition) is 1. The van der Waals surface area contributed by atoms with Crippen LogP contribution in [0.2, 0.25) is 5.02 Å². The van der Waals surface area contributed by atoms with Gasteiger partial charge >= 0.3 is 0 Å². The molecular weight excluding hydrogens is 288 g/mol. The van der Waals surface area contributed by atoms with E-state index in [2.05, 4.69) is 20.2 Å². The van der Waals surface area contributed by atoms with E-state index >= 15 is 0 Å². The summed E-state index contributed by atoms with van der Waals surface area (Å²) in [6.45, 7) is 7.25. The fourth-order valence-electron chi connectivity index (χ4n) is 3.18. The average molecular weight is 309 g/mol. The van der Waals surface area contributed by atoms with Crippen molar-refractivity contribution in [3.8, 4) is 0 Å². The predicted molar refractivity (Wildman–Crippen MR) is 81.5 cm³/mol. The average Bonchev–Trinajstić information content (AvgIpc) is 2.48. The Kier molecular flexibility index (Phi) is 4.13. The van der Waals surface area contributed by atoms with E-state index in [0.717, 1.165) is 19.6 Å². The summed E-state index contributed by atoms with van der Waals surface area (Å²) in [5.41, 5.74) is 0.298. The molecule has 3 aliphatic heterocycles. The van der Waals surface area contributed by atoms with Crippen LogP contribution in [-0.2, 0) is 0 Å². The molecule has 4 rings (SSSR count). The molecule has 114 valence electrons. The van der Waals surface area contributed by atoms with E-state index < -0.39 is 0 Å². The van der Waals surface area contributed by atoms with Crippen LogP contribution in [0.25, 0.3) is 0 Å². The lowest BCUT2D eigenvalue weighted by molar-refractivity contribution is 0.0617. The van der Waals surface area contributed by atoms with Crippen LogP contribution < -0.4 is 5.32 Å². The smallest absolute Gasteiger partial charge is 0.271 e. The third-order valence-corrected chi connectivity index (χ3v) is 4.74. The van der Waals surface area contributed by atoms with E-state index in [9.17, 15) is 4.79 Å². The summed E-state index contributed by atoms with van der Waals surface area (Å²) < 4.78 is 0. The molecule has 1 atom stereocenters. The van der Waals surface area contributed by atoms with Crippen LogP contribution >= 0.6 is 11.6 Å². The largest absolute Gasteiger partial charge is 0.346 e. The van der Waals surface area contributed by atoms with Crippen molar-refractivity contribution in [3.63, 3.8) is 0 Å². The zero-order chi connectivity index (χ0) is 15.0. The molecule has 0 radical (unpaired) electrons. The number of nitrogens with one attached hydrogen (secondary N) is 1. The van der Waals surface area contributed by atoms with Crippen LogP contribution in [0.3, 0.4) is 0 Å². The van der Waals surface area contributed by atoms with Gasteiger partial charge in [-0.2, -0.15) is 0 Å². The molecular formula is C15H21ClN4O. The number of carbonyl (C=O) groups excluding carboxylic acids is 1. The number of amides is 1. The molecule has 1 aromatic heterocycles. The Morgan fingerprint density at radius 1 is 1.43 bits per heavy atom. The molecule has 0 aromatic carbocycles. The lowest BCUT2D eigenvalue weighted by Crippen LogP contribution is -2.57. The van der Waals surface area contributed by atoms with Gasteiger partial charge in [0.15, 0.2) is 0 Å². The highest BCUT2D eigenvalue weighted by molar-refractivity contribution is 6.33. The maximum Gasteiger partial charge on any atom is 0.271 e. The summed E-state index contributed by atoms with van der Waals surface area (Å²) >= 11 is 6.10. The van der Waals surface area contributed by atoms with E-state index in [-0.39, 0.29) is 17.9 Å². The fourth-order valence-corrected chi connectivity index (χ4v) is 3.36. The monoisotopic (exact) mass is 308 g/mol. The van der Waals surface area contributed by atoms with Crippen molar-refractivity contribution < 1.29 is 4.79 Å². The zero-order valence-electron chi connectivity index (χ0n) is 12.5. The van der Waals surface area contributed by atoms with E-state index in [1.165, 1.54) is 19.0 Å². The quantitative estimate of drug-likeness (QED) is 0.929. The number of aromatic nitrogens is 2. The van der Waals surface area contributed by atoms with Crippen LogP contribution in [0, 0.1) is 5.92 Å². The molecule has 1 amide bonds. The lowest BCUT2D eigenvalue weighted by Gasteiger charge is -2.44. The lowest BCUT2D eigenvalue weighted by atomic mass is 9.84. The van der Waals surface area contributed by atoms with Crippen molar-refractivity contribution in [2.45, 2.75) is 38.6 Å². The molecule has 2 bridgehead atoms. The molecule has 0 spiro atoms. The summed E-state index contributed by atoms with van der Waals surface area (Å²) in [7, 11) is 0. The van der Waals surface area contributed by atoms with Crippen molar-refractivity contribution in [2.24, 2.45) is 5.92 Å². The second-order valence-electron chi connectivity index (χ2n) is 6.30. The van der Waals surface area contributed by atoms with Gasteiger partial charge in [-0.15, -0.1) is 0 Å². The third kappa shape index (κ3) is 3.04. The maximum atomic E-state index is 12.5. The molecule has 5 nitrogen and oxygen atoms in total. The Balaban J connectivity index is 1.75. The molecule has 6 heteroatoms. The van der Waals surface area contributed by atoms with Gasteiger partial charge in [-0.1, -0.05) is 25.4 Å². The Hall–Kier alpha value is -1.20. The SMILES string of the molecule is CC(C)c1ncc(Cl)c(C(=O)NC2CN3CCC2CC3)n1. The highest BCUT2D eigenvalue weighted by atomic mass is 35.5. The second-order valence-corrected chi connectivity index (χ2v) is 6.70. The maximum absolute atomic E-state index is 12.5. The first-order valence-corrected chi connectivity index (χ1v) is 7.98. The van der Waals surface area contributed by atoms with Gasteiger partial charge in [0.25, 0.3) is 5.91 Å². The molecule has 4 heterocycles. The number of nitrogens with zero attached hydrogens (tertiary/aromatic N) is 3. The second kappa shape index (κ2) is 5.89. The minimum absolute atomic E-state index is 0.172. The van der Waals surface area contributed by atoms with Crippen LogP contribution in [0.15, 0.2) is 6.20 Å². The number of piperidine rings is 3. The number of fused-ring (bicyclic) bond motifs is 3. The van der Waals surface area contributed by atoms with Crippen molar-refractivity contribution in [2.75, 3.05) is 19.6 Å². The van der Waals surface area contributed by atoms with Crippen molar-refractivity contribution in [1.29, 1.82) is 0 Å². The van der Waals surface area contributed by atoms with E-state index in [1.807, 2.05) is 13.8 Å². The minimum atomic E-state index is -0.178. The van der Waals surface area contributed by atoms with Gasteiger partial charge < -0.3 is 10.2 Å². The Morgan fingerprint density at radius 2 is 2.14 bits per heavy atom. The van der Waals surface area contributed by atoms with Crippen LogP contribution in [0.1, 0.15) is 48.9 Å². The fraction of sp³-hybridized carbons (Fsp3) is 0.667. The summed E-state index contributed by atoms with van der Waals surface area (Å²) in [5, 5.41) is 3.44. The summed E-state index contributed by atoms with van der Waals surface area (Å²) in [4.78, 5) is 23.4. The first-order valence-electron chi connectivity index (χ1n) is 7.60. The first kappa shape index (κ1) is 14.7. The minimum Gasteiger partial charge on any atom is -0.346 e. The Morgan fingerprint density at radius 3 is 2.71 bits per heavy atom. The topological polar surface area (TPSA) is 58.1 Å². The molecule has 1 N–H and O–H groups in total. The third-order valence-electron chi connectivity index (χ3n) is 4.47. The molecule has 1 unspecified atom stereocenters. The number of rotatable bonds is 3. The summed E-state index contributed by atoms with van der Waals surface area (Å²) in [5.74, 6) is 1.23. The van der Waals surface area contributed by atoms with Crippen LogP contribution in [0.4, 0.5) is 0 Å². The Bertz CT molecular complexity index is 540. The molecule has 0 saturated carbocycles. The van der Waals surface area contributed by atoms with Gasteiger partial charge in [0, 0.05) is 18.5 Å². The van der Waals surface area contributed by atoms with Crippen molar-refractivity contribution in [3.05, 3.63) is 22.7 Å². The van der Waals surface area contributed by atoms with E-state index in [0.29, 0.717) is 22.5 Å². The van der Waals surface area contributed by atoms with Gasteiger partial charge in [-0.05, 0) is 31.8 Å². The van der Waals surface area contributed by atoms with E-state index in [4.69, 9.17) is 11.6 Å². The zero-order valence-corrected chi connectivity index (χ0v) is 13.2. The summed E-state index contributed by atoms with van der Waals surface area (Å²) in [6.07, 6.45) is 3.86. The van der Waals surface area contributed by atoms with Gasteiger partial charge in [-0.3, -0.25) is 4.79 Å². The molecule has 3 aliphatic rings. The van der Waals surface area contributed by atoms with Gasteiger partial charge in [0.05, 0.1) is 11.2 Å². The molecule has 21 heavy (non-hydrogen) atoms. The normalized spacial score (nSPS) is 27.9. The number of hydrogen-bond acceptors (Lipinski definition) is 4. The molecule has 3 fully saturated rings. The Labute approximate surface area is 130 Å². The van der Waals surface area contributed by atoms with Gasteiger partial charge in [-0.25, -0.2) is 9.97 Å². The highest BCUT2D eigenvalue weighted by Crippen LogP contribution is 2.28. The number of halogens is 1. The summed E-state index contributed by atoms with van der Waals surface area (Å²) in [6, 6.07) is 0.216. The van der Waals surface area contributed by atoms with E-state index in [1.54, 1.807) is 0 Å². The van der Waals surface area contributed by atoms with Crippen LogP contribution in [-0.4, -0.2) is 46.5 Å². The first-order chi connectivity index (χ1) is 10.0. The molecule has 3 saturated heterocycles. The molecule has 1 aromatic rings. The standard InChI is InChI=1S/C15H21ClN4O/c1-9(2)14-17-7-11(16)13(19-14)15(21)18-12-8-20-5-3-10(12)4-6-20/h7,9-10,12H,3-6,8H2,1-2H3,(H,18,21).